The third kappa shape index (κ3) is 4.18. The number of sulfone groups is 1. The lowest BCUT2D eigenvalue weighted by Crippen LogP contribution is -2.12. The van der Waals surface area contributed by atoms with Gasteiger partial charge in [-0.25, -0.2) is 31.6 Å². The lowest BCUT2D eigenvalue weighted by Gasteiger charge is -2.19. The van der Waals surface area contributed by atoms with Crippen molar-refractivity contribution in [3.63, 3.8) is 0 Å². The van der Waals surface area contributed by atoms with Gasteiger partial charge in [0.2, 0.25) is 0 Å². The third-order valence-electron chi connectivity index (χ3n) is 4.61. The zero-order chi connectivity index (χ0) is 22.2. The van der Waals surface area contributed by atoms with Gasteiger partial charge in [0, 0.05) is 17.2 Å². The van der Waals surface area contributed by atoms with E-state index in [4.69, 9.17) is 4.74 Å². The molecule has 0 spiro atoms. The van der Waals surface area contributed by atoms with E-state index in [1.54, 1.807) is 13.8 Å². The molecule has 160 valence electrons. The van der Waals surface area contributed by atoms with Gasteiger partial charge in [0.15, 0.2) is 9.84 Å². The Bertz CT molecular complexity index is 1220. The van der Waals surface area contributed by atoms with E-state index in [1.807, 2.05) is 0 Å². The molecule has 1 N–H and O–H groups in total. The average Bonchev–Trinajstić information content (AvgIpc) is 2.66. The number of nitrogens with one attached hydrogen (secondary N) is 1. The van der Waals surface area contributed by atoms with Gasteiger partial charge in [-0.05, 0) is 26.0 Å². The summed E-state index contributed by atoms with van der Waals surface area (Å²) in [5, 5.41) is 3.46. The first-order valence-electron chi connectivity index (χ1n) is 8.92. The minimum absolute atomic E-state index is 0.0229. The van der Waals surface area contributed by atoms with E-state index in [0.717, 1.165) is 12.3 Å². The van der Waals surface area contributed by atoms with Crippen molar-refractivity contribution in [3.8, 4) is 5.75 Å². The number of rotatable bonds is 6. The Hall–Kier alpha value is -2.88. The molecule has 0 bridgehead atoms. The summed E-state index contributed by atoms with van der Waals surface area (Å²) in [5.41, 5.74) is -0.276. The highest BCUT2D eigenvalue weighted by Crippen LogP contribution is 2.34. The summed E-state index contributed by atoms with van der Waals surface area (Å²) in [6.45, 7) is 3.23. The monoisotopic (exact) mass is 439 g/mol. The summed E-state index contributed by atoms with van der Waals surface area (Å²) in [6, 6.07) is 5.97. The number of halogens is 3. The molecule has 30 heavy (non-hydrogen) atoms. The topological polar surface area (TPSA) is 81.2 Å². The van der Waals surface area contributed by atoms with Gasteiger partial charge in [0.25, 0.3) is 6.43 Å². The molecule has 1 heterocycles. The van der Waals surface area contributed by atoms with E-state index in [9.17, 15) is 21.6 Å². The minimum Gasteiger partial charge on any atom is -0.495 e. The van der Waals surface area contributed by atoms with Gasteiger partial charge in [0.05, 0.1) is 24.2 Å². The lowest BCUT2D eigenvalue weighted by molar-refractivity contribution is 0.146. The van der Waals surface area contributed by atoms with Crippen molar-refractivity contribution < 1.29 is 26.3 Å². The van der Waals surface area contributed by atoms with Gasteiger partial charge in [-0.2, -0.15) is 0 Å². The molecule has 0 aliphatic carbocycles. The number of fused-ring (bicyclic) bond motifs is 1. The van der Waals surface area contributed by atoms with Crippen molar-refractivity contribution in [1.29, 1.82) is 0 Å². The smallest absolute Gasteiger partial charge is 0.266 e. The minimum atomic E-state index is -3.57. The third-order valence-corrected chi connectivity index (χ3v) is 5.72. The molecule has 0 saturated carbocycles. The molecular formula is C20H20F3N3O3S. The number of ether oxygens (including phenoxy) is 1. The van der Waals surface area contributed by atoms with Crippen LogP contribution in [0.15, 0.2) is 35.2 Å². The SMILES string of the molecule is COc1cc2c(NC(C)c3cccc(C(F)F)c3F)nc(C)nc2cc1S(C)(=O)=O. The van der Waals surface area contributed by atoms with Crippen LogP contribution in [0.3, 0.4) is 0 Å². The van der Waals surface area contributed by atoms with Crippen molar-refractivity contribution in [2.45, 2.75) is 31.2 Å². The summed E-state index contributed by atoms with van der Waals surface area (Å²) < 4.78 is 70.0. The first-order chi connectivity index (χ1) is 14.0. The number of alkyl halides is 2. The maximum absolute atomic E-state index is 14.5. The van der Waals surface area contributed by atoms with E-state index < -0.39 is 33.7 Å². The van der Waals surface area contributed by atoms with Gasteiger partial charge in [-0.1, -0.05) is 18.2 Å². The lowest BCUT2D eigenvalue weighted by atomic mass is 10.0. The van der Waals surface area contributed by atoms with Crippen LogP contribution >= 0.6 is 0 Å². The van der Waals surface area contributed by atoms with Gasteiger partial charge < -0.3 is 10.1 Å². The average molecular weight is 439 g/mol. The van der Waals surface area contributed by atoms with E-state index in [0.29, 0.717) is 22.5 Å². The fraction of sp³-hybridized carbons (Fsp3) is 0.300. The molecule has 0 fully saturated rings. The van der Waals surface area contributed by atoms with Crippen LogP contribution in [0.1, 0.15) is 36.3 Å². The Morgan fingerprint density at radius 2 is 1.80 bits per heavy atom. The molecule has 10 heteroatoms. The summed E-state index contributed by atoms with van der Waals surface area (Å²) in [7, 11) is -2.23. The molecule has 0 saturated heterocycles. The van der Waals surface area contributed by atoms with Crippen molar-refractivity contribution in [3.05, 3.63) is 53.1 Å². The first-order valence-corrected chi connectivity index (χ1v) is 10.8. The molecule has 3 aromatic rings. The van der Waals surface area contributed by atoms with Crippen LogP contribution in [0.25, 0.3) is 10.9 Å². The first kappa shape index (κ1) is 21.8. The van der Waals surface area contributed by atoms with Crippen molar-refractivity contribution in [2.24, 2.45) is 0 Å². The Morgan fingerprint density at radius 1 is 1.13 bits per heavy atom. The van der Waals surface area contributed by atoms with Gasteiger partial charge in [-0.15, -0.1) is 0 Å². The second-order valence-corrected chi connectivity index (χ2v) is 8.81. The molecule has 0 amide bonds. The highest BCUT2D eigenvalue weighted by molar-refractivity contribution is 7.90. The number of methoxy groups -OCH3 is 1. The molecule has 1 atom stereocenters. The van der Waals surface area contributed by atoms with Crippen LogP contribution in [0.2, 0.25) is 0 Å². The maximum Gasteiger partial charge on any atom is 0.266 e. The summed E-state index contributed by atoms with van der Waals surface area (Å²) >= 11 is 0. The van der Waals surface area contributed by atoms with Crippen LogP contribution in [0, 0.1) is 12.7 Å². The molecule has 0 radical (unpaired) electrons. The number of aromatic nitrogens is 2. The molecule has 0 aliphatic heterocycles. The summed E-state index contributed by atoms with van der Waals surface area (Å²) in [6.07, 6.45) is -1.87. The van der Waals surface area contributed by atoms with Crippen molar-refractivity contribution >= 4 is 26.6 Å². The van der Waals surface area contributed by atoms with Gasteiger partial charge in [-0.3, -0.25) is 0 Å². The predicted octanol–water partition coefficient (Wildman–Crippen LogP) is 4.60. The maximum atomic E-state index is 14.5. The Labute approximate surface area is 172 Å². The number of anilines is 1. The second-order valence-electron chi connectivity index (χ2n) is 6.83. The molecule has 6 nitrogen and oxygen atoms in total. The molecule has 1 aromatic heterocycles. The molecule has 1 unspecified atom stereocenters. The van der Waals surface area contributed by atoms with E-state index >= 15 is 0 Å². The zero-order valence-corrected chi connectivity index (χ0v) is 17.5. The molecule has 0 aliphatic rings. The quantitative estimate of drug-likeness (QED) is 0.605. The van der Waals surface area contributed by atoms with Crippen molar-refractivity contribution in [2.75, 3.05) is 18.7 Å². The van der Waals surface area contributed by atoms with E-state index in [2.05, 4.69) is 15.3 Å². The van der Waals surface area contributed by atoms with Crippen molar-refractivity contribution in [1.82, 2.24) is 9.97 Å². The predicted molar refractivity (Wildman–Crippen MR) is 107 cm³/mol. The standard InChI is InChI=1S/C20H20F3N3O3S/c1-10(12-6-5-7-13(18(12)21)19(22)23)24-20-14-8-16(29-3)17(30(4,27)28)9-15(14)25-11(2)26-20/h5-10,19H,1-4H3,(H,24,25,26). The zero-order valence-electron chi connectivity index (χ0n) is 16.7. The summed E-state index contributed by atoms with van der Waals surface area (Å²) in [5.74, 6) is -0.229. The number of aryl methyl sites for hydroxylation is 1. The number of hydrogen-bond donors (Lipinski definition) is 1. The molecular weight excluding hydrogens is 419 g/mol. The fourth-order valence-electron chi connectivity index (χ4n) is 3.17. The Morgan fingerprint density at radius 3 is 2.40 bits per heavy atom. The Kier molecular flexibility index (Phi) is 5.89. The highest BCUT2D eigenvalue weighted by Gasteiger charge is 2.22. The van der Waals surface area contributed by atoms with Crippen LogP contribution in [-0.4, -0.2) is 31.8 Å². The van der Waals surface area contributed by atoms with Crippen LogP contribution < -0.4 is 10.1 Å². The largest absolute Gasteiger partial charge is 0.495 e. The second kappa shape index (κ2) is 8.10. The van der Waals surface area contributed by atoms with Gasteiger partial charge >= 0.3 is 0 Å². The number of hydrogen-bond acceptors (Lipinski definition) is 6. The van der Waals surface area contributed by atoms with Crippen LogP contribution in [-0.2, 0) is 9.84 Å². The van der Waals surface area contributed by atoms with E-state index in [1.165, 1.54) is 31.4 Å². The Balaban J connectivity index is 2.12. The highest BCUT2D eigenvalue weighted by atomic mass is 32.2. The van der Waals surface area contributed by atoms with Gasteiger partial charge in [0.1, 0.15) is 28.1 Å². The molecule has 3 rings (SSSR count). The fourth-order valence-corrected chi connectivity index (χ4v) is 4.00. The van der Waals surface area contributed by atoms with Crippen LogP contribution in [0.5, 0.6) is 5.75 Å². The van der Waals surface area contributed by atoms with Crippen LogP contribution in [0.4, 0.5) is 19.0 Å². The van der Waals surface area contributed by atoms with E-state index in [-0.39, 0.29) is 16.2 Å². The molecule has 2 aromatic carbocycles. The number of nitrogens with zero attached hydrogens (tertiary/aromatic N) is 2. The summed E-state index contributed by atoms with van der Waals surface area (Å²) in [4.78, 5) is 8.58. The normalized spacial score (nSPS) is 12.9. The number of benzene rings is 2.